The average Bonchev–Trinajstić information content (AvgIpc) is 3.03. The summed E-state index contributed by atoms with van der Waals surface area (Å²) in [5, 5.41) is 0. The van der Waals surface area contributed by atoms with Crippen LogP contribution in [0.3, 0.4) is 0 Å². The van der Waals surface area contributed by atoms with Crippen LogP contribution in [0.4, 0.5) is 22.0 Å². The second-order valence-electron chi connectivity index (χ2n) is 7.70. The summed E-state index contributed by atoms with van der Waals surface area (Å²) in [6.07, 6.45) is -4.97. The summed E-state index contributed by atoms with van der Waals surface area (Å²) in [6, 6.07) is 1.82. The van der Waals surface area contributed by atoms with Gasteiger partial charge in [-0.3, -0.25) is 15.1 Å². The molecule has 2 aliphatic heterocycles. The molecule has 1 amide bonds. The number of hydroxylamine groups is 1. The smallest absolute Gasteiger partial charge is 0.458 e. The Bertz CT molecular complexity index is 893. The van der Waals surface area contributed by atoms with E-state index >= 15 is 0 Å². The first-order chi connectivity index (χ1) is 13.8. The zero-order valence-electron chi connectivity index (χ0n) is 17.0. The van der Waals surface area contributed by atoms with E-state index in [9.17, 15) is 26.7 Å². The Labute approximate surface area is 170 Å². The Hall–Kier alpha value is -2.36. The summed E-state index contributed by atoms with van der Waals surface area (Å²) in [5.74, 6) is -5.19. The predicted octanol–water partition coefficient (Wildman–Crippen LogP) is 4.65. The molecule has 1 N–H and O–H groups in total. The molecule has 1 saturated heterocycles. The van der Waals surface area contributed by atoms with Crippen LogP contribution in [0.2, 0.25) is 0 Å². The Morgan fingerprint density at radius 1 is 1.23 bits per heavy atom. The number of fused-ring (bicyclic) bond motifs is 1. The molecule has 30 heavy (non-hydrogen) atoms. The summed E-state index contributed by atoms with van der Waals surface area (Å²) in [6.45, 7) is 6.82. The van der Waals surface area contributed by atoms with Crippen molar-refractivity contribution in [2.45, 2.75) is 58.2 Å². The van der Waals surface area contributed by atoms with Crippen LogP contribution in [0.15, 0.2) is 17.8 Å². The lowest BCUT2D eigenvalue weighted by molar-refractivity contribution is -0.289. The minimum absolute atomic E-state index is 0.0215. The molecule has 166 valence electrons. The van der Waals surface area contributed by atoms with Gasteiger partial charge in [-0.25, -0.2) is 0 Å². The second kappa shape index (κ2) is 7.40. The molecule has 0 aromatic heterocycles. The molecule has 1 fully saturated rings. The molecular weight excluding hydrogens is 411 g/mol. The van der Waals surface area contributed by atoms with Crippen molar-refractivity contribution < 1.29 is 36.3 Å². The first-order valence-electron chi connectivity index (χ1n) is 9.53. The highest BCUT2D eigenvalue weighted by atomic mass is 19.4. The van der Waals surface area contributed by atoms with Crippen LogP contribution in [-0.2, 0) is 15.6 Å². The summed E-state index contributed by atoms with van der Waals surface area (Å²) in [7, 11) is 0. The molecule has 0 atom stereocenters. The Morgan fingerprint density at radius 2 is 1.90 bits per heavy atom. The quantitative estimate of drug-likeness (QED) is 0.542. The number of amides is 1. The number of halogens is 5. The third-order valence-corrected chi connectivity index (χ3v) is 5.22. The van der Waals surface area contributed by atoms with Gasteiger partial charge in [0, 0.05) is 24.1 Å². The lowest BCUT2D eigenvalue weighted by Crippen LogP contribution is -2.45. The summed E-state index contributed by atoms with van der Waals surface area (Å²) in [5.41, 5.74) is 0.674. The van der Waals surface area contributed by atoms with Gasteiger partial charge in [0.25, 0.3) is 0 Å². The average molecular weight is 434 g/mol. The summed E-state index contributed by atoms with van der Waals surface area (Å²) < 4.78 is 73.6. The Morgan fingerprint density at radius 3 is 2.43 bits per heavy atom. The van der Waals surface area contributed by atoms with Crippen molar-refractivity contribution in [3.05, 3.63) is 34.5 Å². The lowest BCUT2D eigenvalue weighted by atomic mass is 9.88. The van der Waals surface area contributed by atoms with Gasteiger partial charge in [-0.15, -0.1) is 0 Å². The van der Waals surface area contributed by atoms with E-state index in [0.717, 1.165) is 12.1 Å². The standard InChI is InChI=1S/C20H23F5N2O3/c1-5-29-26-17-16(27-10-6-7-14(27)28)15-11(2)12(19(21,22)20(23,24)25)8-9-13(15)30-18(17,3)4/h8-9,26H,5-7,10H2,1-4H3. The topological polar surface area (TPSA) is 50.8 Å². The van der Waals surface area contributed by atoms with Crippen molar-refractivity contribution in [3.8, 4) is 5.75 Å². The van der Waals surface area contributed by atoms with Gasteiger partial charge in [0.1, 0.15) is 17.0 Å². The normalized spacial score (nSPS) is 19.1. The van der Waals surface area contributed by atoms with Gasteiger partial charge >= 0.3 is 12.1 Å². The highest BCUT2D eigenvalue weighted by Crippen LogP contribution is 2.50. The van der Waals surface area contributed by atoms with Gasteiger partial charge in [-0.2, -0.15) is 22.0 Å². The minimum Gasteiger partial charge on any atom is -0.481 e. The van der Waals surface area contributed by atoms with Gasteiger partial charge in [-0.1, -0.05) is 0 Å². The zero-order valence-corrected chi connectivity index (χ0v) is 17.0. The third kappa shape index (κ3) is 3.51. The van der Waals surface area contributed by atoms with Crippen molar-refractivity contribution in [2.24, 2.45) is 0 Å². The number of likely N-dealkylation sites (tertiary alicyclic amines) is 1. The fourth-order valence-electron chi connectivity index (χ4n) is 3.77. The predicted molar refractivity (Wildman–Crippen MR) is 98.5 cm³/mol. The monoisotopic (exact) mass is 434 g/mol. The number of hydrogen-bond donors (Lipinski definition) is 1. The van der Waals surface area contributed by atoms with Crippen molar-refractivity contribution in [1.29, 1.82) is 0 Å². The number of alkyl halides is 5. The fraction of sp³-hybridized carbons (Fsp3) is 0.550. The molecule has 5 nitrogen and oxygen atoms in total. The van der Waals surface area contributed by atoms with E-state index < -0.39 is 23.3 Å². The van der Waals surface area contributed by atoms with E-state index in [4.69, 9.17) is 9.57 Å². The zero-order chi connectivity index (χ0) is 22.5. The number of ether oxygens (including phenoxy) is 1. The van der Waals surface area contributed by atoms with Gasteiger partial charge in [0.15, 0.2) is 0 Å². The molecule has 2 heterocycles. The summed E-state index contributed by atoms with van der Waals surface area (Å²) in [4.78, 5) is 19.2. The first-order valence-corrected chi connectivity index (χ1v) is 9.53. The Kier molecular flexibility index (Phi) is 5.51. The van der Waals surface area contributed by atoms with Gasteiger partial charge in [-0.05, 0) is 51.8 Å². The van der Waals surface area contributed by atoms with E-state index in [1.54, 1.807) is 20.8 Å². The first kappa shape index (κ1) is 22.3. The van der Waals surface area contributed by atoms with E-state index in [-0.39, 0.29) is 47.2 Å². The molecule has 0 radical (unpaired) electrons. The van der Waals surface area contributed by atoms with Crippen molar-refractivity contribution in [2.75, 3.05) is 13.2 Å². The van der Waals surface area contributed by atoms with Crippen LogP contribution in [0.25, 0.3) is 5.70 Å². The molecule has 3 rings (SSSR count). The van der Waals surface area contributed by atoms with E-state index in [1.807, 2.05) is 0 Å². The highest BCUT2D eigenvalue weighted by Gasteiger charge is 2.59. The minimum atomic E-state index is -5.76. The molecule has 2 aliphatic rings. The highest BCUT2D eigenvalue weighted by molar-refractivity contribution is 5.92. The largest absolute Gasteiger partial charge is 0.481 e. The van der Waals surface area contributed by atoms with E-state index in [1.165, 1.54) is 11.8 Å². The van der Waals surface area contributed by atoms with Gasteiger partial charge in [0.05, 0.1) is 12.3 Å². The number of nitrogens with zero attached hydrogens (tertiary/aromatic N) is 1. The lowest BCUT2D eigenvalue weighted by Gasteiger charge is -2.40. The maximum absolute atomic E-state index is 14.2. The third-order valence-electron chi connectivity index (χ3n) is 5.22. The van der Waals surface area contributed by atoms with E-state index in [2.05, 4.69) is 5.48 Å². The Balaban J connectivity index is 2.31. The van der Waals surface area contributed by atoms with Crippen molar-refractivity contribution in [1.82, 2.24) is 10.4 Å². The molecule has 1 aromatic rings. The molecule has 1 aromatic carbocycles. The molecule has 10 heteroatoms. The molecule has 0 bridgehead atoms. The van der Waals surface area contributed by atoms with E-state index in [0.29, 0.717) is 13.0 Å². The second-order valence-corrected chi connectivity index (χ2v) is 7.70. The molecule has 0 unspecified atom stereocenters. The van der Waals surface area contributed by atoms with Crippen LogP contribution in [0, 0.1) is 6.92 Å². The van der Waals surface area contributed by atoms with Gasteiger partial charge in [0.2, 0.25) is 5.91 Å². The number of hydrogen-bond acceptors (Lipinski definition) is 4. The molecule has 0 aliphatic carbocycles. The maximum Gasteiger partial charge on any atom is 0.458 e. The van der Waals surface area contributed by atoms with Crippen molar-refractivity contribution >= 4 is 11.6 Å². The number of nitrogens with one attached hydrogen (secondary N) is 1. The molecular formula is C20H23F5N2O3. The summed E-state index contributed by atoms with van der Waals surface area (Å²) >= 11 is 0. The fourth-order valence-corrected chi connectivity index (χ4v) is 3.77. The number of carbonyl (C=O) groups is 1. The number of carbonyl (C=O) groups excluding carboxylic acids is 1. The number of rotatable bonds is 5. The van der Waals surface area contributed by atoms with Crippen LogP contribution in [-0.4, -0.2) is 35.7 Å². The van der Waals surface area contributed by atoms with Gasteiger partial charge < -0.3 is 9.64 Å². The van der Waals surface area contributed by atoms with Crippen LogP contribution in [0.1, 0.15) is 50.3 Å². The molecule has 0 saturated carbocycles. The molecule has 0 spiro atoms. The maximum atomic E-state index is 14.2. The number of benzene rings is 1. The van der Waals surface area contributed by atoms with Crippen LogP contribution in [0.5, 0.6) is 5.75 Å². The van der Waals surface area contributed by atoms with Crippen LogP contribution >= 0.6 is 0 Å². The SMILES string of the molecule is CCONC1=C(N2CCCC2=O)c2c(ccc(C(F)(F)C(F)(F)F)c2C)OC1(C)C. The van der Waals surface area contributed by atoms with Crippen molar-refractivity contribution in [3.63, 3.8) is 0 Å². The van der Waals surface area contributed by atoms with Crippen LogP contribution < -0.4 is 10.2 Å².